The zero-order valence-electron chi connectivity index (χ0n) is 19.7. The first-order chi connectivity index (χ1) is 17.5. The standard InChI is InChI=1S/C26H20B3F2NO5/c27-26(28,29)37-23-13-21(31)20(30)12-19(23)16-6-8-18(9-7-16)36-14-15-3-1-4-17(11-15)24(33)32-10-2-5-22(32)25(34)35/h1,3-4,6-9,11-13,22H,2,5,10,14H2,(H,34,35). The molecule has 0 aliphatic carbocycles. The molecule has 0 saturated carbocycles. The van der Waals surface area contributed by atoms with Gasteiger partial charge in [-0.2, -0.15) is 0 Å². The van der Waals surface area contributed by atoms with E-state index in [1.807, 2.05) is 0 Å². The van der Waals surface area contributed by atoms with Crippen LogP contribution in [0.4, 0.5) is 8.78 Å². The van der Waals surface area contributed by atoms with Crippen molar-refractivity contribution in [1.82, 2.24) is 4.90 Å². The molecule has 3 aromatic rings. The molecule has 1 heterocycles. The number of amides is 1. The van der Waals surface area contributed by atoms with Gasteiger partial charge in [0.05, 0.1) is 0 Å². The van der Waals surface area contributed by atoms with E-state index >= 15 is 0 Å². The minimum atomic E-state index is -2.10. The smallest absolute Gasteiger partial charge is 0.326 e. The van der Waals surface area contributed by atoms with Crippen molar-refractivity contribution in [3.05, 3.63) is 83.4 Å². The fraction of sp³-hybridized carbons (Fsp3) is 0.231. The molecule has 11 heteroatoms. The number of carboxylic acids is 1. The molecule has 3 aromatic carbocycles. The molecule has 1 saturated heterocycles. The fourth-order valence-electron chi connectivity index (χ4n) is 4.15. The molecule has 1 aliphatic heterocycles. The molecular weight excluding hydrogens is 477 g/mol. The van der Waals surface area contributed by atoms with Crippen molar-refractivity contribution in [2.45, 2.75) is 30.8 Å². The highest BCUT2D eigenvalue weighted by atomic mass is 19.2. The molecule has 1 aliphatic rings. The lowest BCUT2D eigenvalue weighted by Gasteiger charge is -2.25. The predicted octanol–water partition coefficient (Wildman–Crippen LogP) is 3.40. The Kier molecular flexibility index (Phi) is 7.61. The molecule has 37 heavy (non-hydrogen) atoms. The number of carboxylic acid groups (broad SMARTS) is 1. The van der Waals surface area contributed by atoms with Gasteiger partial charge in [0.25, 0.3) is 5.91 Å². The first-order valence-corrected chi connectivity index (χ1v) is 11.4. The molecule has 1 atom stereocenters. The van der Waals surface area contributed by atoms with E-state index in [-0.39, 0.29) is 23.8 Å². The first kappa shape index (κ1) is 26.3. The van der Waals surface area contributed by atoms with Crippen molar-refractivity contribution < 1.29 is 33.0 Å². The van der Waals surface area contributed by atoms with Crippen LogP contribution >= 0.6 is 0 Å². The van der Waals surface area contributed by atoms with Gasteiger partial charge in [0.15, 0.2) is 11.6 Å². The van der Waals surface area contributed by atoms with Gasteiger partial charge in [0.1, 0.15) is 47.7 Å². The van der Waals surface area contributed by atoms with Crippen LogP contribution in [0.2, 0.25) is 0 Å². The van der Waals surface area contributed by atoms with Crippen LogP contribution in [-0.4, -0.2) is 63.3 Å². The lowest BCUT2D eigenvalue weighted by atomic mass is 9.52. The Hall–Kier alpha value is -3.75. The summed E-state index contributed by atoms with van der Waals surface area (Å²) in [5, 5.41) is 7.26. The van der Waals surface area contributed by atoms with E-state index in [1.54, 1.807) is 48.5 Å². The highest BCUT2D eigenvalue weighted by Gasteiger charge is 2.34. The number of carbonyl (C=O) groups excluding carboxylic acids is 1. The number of benzene rings is 3. The van der Waals surface area contributed by atoms with Crippen LogP contribution in [0.5, 0.6) is 11.5 Å². The first-order valence-electron chi connectivity index (χ1n) is 11.4. The molecule has 1 amide bonds. The summed E-state index contributed by atoms with van der Waals surface area (Å²) in [7, 11) is 16.4. The van der Waals surface area contributed by atoms with Gasteiger partial charge in [0.2, 0.25) is 0 Å². The van der Waals surface area contributed by atoms with Crippen molar-refractivity contribution >= 4 is 35.4 Å². The third-order valence-corrected chi connectivity index (χ3v) is 5.85. The number of nitrogens with zero attached hydrogens (tertiary/aromatic N) is 1. The van der Waals surface area contributed by atoms with Crippen LogP contribution < -0.4 is 9.47 Å². The number of rotatable bonds is 8. The Balaban J connectivity index is 1.46. The molecule has 0 aromatic heterocycles. The highest BCUT2D eigenvalue weighted by Crippen LogP contribution is 2.34. The number of halogens is 2. The quantitative estimate of drug-likeness (QED) is 0.484. The summed E-state index contributed by atoms with van der Waals surface area (Å²) in [5.74, 6) is -3.24. The molecule has 0 spiro atoms. The second kappa shape index (κ2) is 10.7. The highest BCUT2D eigenvalue weighted by molar-refractivity contribution is 6.58. The van der Waals surface area contributed by atoms with E-state index in [0.717, 1.165) is 12.1 Å². The fourth-order valence-corrected chi connectivity index (χ4v) is 4.15. The second-order valence-corrected chi connectivity index (χ2v) is 8.73. The zero-order chi connectivity index (χ0) is 26.7. The van der Waals surface area contributed by atoms with Gasteiger partial charge in [-0.05, 0) is 59.6 Å². The predicted molar refractivity (Wildman–Crippen MR) is 135 cm³/mol. The zero-order valence-corrected chi connectivity index (χ0v) is 19.7. The Morgan fingerprint density at radius 2 is 1.73 bits per heavy atom. The van der Waals surface area contributed by atoms with Crippen LogP contribution in [0, 0.1) is 11.6 Å². The minimum Gasteiger partial charge on any atom is -0.515 e. The minimum absolute atomic E-state index is 0.135. The monoisotopic (exact) mass is 497 g/mol. The molecular formula is C26H20B3F2NO5. The van der Waals surface area contributed by atoms with E-state index in [4.69, 9.17) is 33.0 Å². The number of carbonyl (C=O) groups is 2. The average molecular weight is 497 g/mol. The number of hydrogen-bond donors (Lipinski definition) is 1. The summed E-state index contributed by atoms with van der Waals surface area (Å²) in [6, 6.07) is 14.2. The maximum absolute atomic E-state index is 13.9. The number of aliphatic carboxylic acids is 1. The molecule has 1 N–H and O–H groups in total. The van der Waals surface area contributed by atoms with Crippen molar-refractivity contribution in [3.8, 4) is 22.6 Å². The Morgan fingerprint density at radius 3 is 2.41 bits per heavy atom. The maximum atomic E-state index is 13.9. The van der Waals surface area contributed by atoms with E-state index in [9.17, 15) is 23.5 Å². The van der Waals surface area contributed by atoms with Crippen LogP contribution in [0.25, 0.3) is 11.1 Å². The van der Waals surface area contributed by atoms with Gasteiger partial charge in [-0.3, -0.25) is 4.79 Å². The van der Waals surface area contributed by atoms with E-state index in [0.29, 0.717) is 41.8 Å². The third kappa shape index (κ3) is 6.34. The number of hydrogen-bond acceptors (Lipinski definition) is 4. The summed E-state index contributed by atoms with van der Waals surface area (Å²) in [6.07, 6.45) is 1.08. The molecule has 4 rings (SSSR count). The molecule has 1 fully saturated rings. The molecule has 6 nitrogen and oxygen atoms in total. The third-order valence-electron chi connectivity index (χ3n) is 5.85. The molecule has 6 radical (unpaired) electrons. The van der Waals surface area contributed by atoms with Crippen LogP contribution in [-0.2, 0) is 11.4 Å². The second-order valence-electron chi connectivity index (χ2n) is 8.73. The Morgan fingerprint density at radius 1 is 1.03 bits per heavy atom. The van der Waals surface area contributed by atoms with Crippen molar-refractivity contribution in [2.24, 2.45) is 0 Å². The van der Waals surface area contributed by atoms with Gasteiger partial charge in [-0.15, -0.1) is 0 Å². The van der Waals surface area contributed by atoms with Crippen molar-refractivity contribution in [1.29, 1.82) is 0 Å². The average Bonchev–Trinajstić information content (AvgIpc) is 3.34. The number of ether oxygens (including phenoxy) is 2. The van der Waals surface area contributed by atoms with Crippen LogP contribution in [0.3, 0.4) is 0 Å². The summed E-state index contributed by atoms with van der Waals surface area (Å²) < 4.78 is 38.6. The number of likely N-dealkylation sites (tertiary alicyclic amines) is 1. The Labute approximate surface area is 216 Å². The van der Waals surface area contributed by atoms with E-state index in [2.05, 4.69) is 0 Å². The largest absolute Gasteiger partial charge is 0.515 e. The van der Waals surface area contributed by atoms with Crippen LogP contribution in [0.1, 0.15) is 28.8 Å². The van der Waals surface area contributed by atoms with E-state index < -0.39 is 28.9 Å². The Bertz CT molecular complexity index is 1310. The van der Waals surface area contributed by atoms with Crippen molar-refractivity contribution in [2.75, 3.05) is 6.54 Å². The summed E-state index contributed by atoms with van der Waals surface area (Å²) >= 11 is 0. The van der Waals surface area contributed by atoms with Gasteiger partial charge in [-0.1, -0.05) is 24.3 Å². The summed E-state index contributed by atoms with van der Waals surface area (Å²) in [5.41, 5.74) is 1.74. The topological polar surface area (TPSA) is 76.1 Å². The molecule has 1 unspecified atom stereocenters. The van der Waals surface area contributed by atoms with Crippen molar-refractivity contribution in [3.63, 3.8) is 0 Å². The van der Waals surface area contributed by atoms with Gasteiger partial charge in [0, 0.05) is 23.7 Å². The van der Waals surface area contributed by atoms with Gasteiger partial charge >= 0.3 is 5.97 Å². The van der Waals surface area contributed by atoms with Crippen LogP contribution in [0.15, 0.2) is 60.7 Å². The summed E-state index contributed by atoms with van der Waals surface area (Å²) in [4.78, 5) is 25.7. The SMILES string of the molecule is [B]C([B])([B])Oc1cc(F)c(F)cc1-c1ccc(OCc2cccc(C(=O)N3CCCC3C(=O)O)c2)cc1. The molecule has 182 valence electrons. The lowest BCUT2D eigenvalue weighted by molar-refractivity contribution is -0.141. The normalized spacial score (nSPS) is 15.4. The molecule has 0 bridgehead atoms. The van der Waals surface area contributed by atoms with E-state index in [1.165, 1.54) is 4.90 Å². The van der Waals surface area contributed by atoms with Gasteiger partial charge < -0.3 is 19.5 Å². The maximum Gasteiger partial charge on any atom is 0.326 e. The summed E-state index contributed by atoms with van der Waals surface area (Å²) in [6.45, 7) is 0.537. The van der Waals surface area contributed by atoms with Gasteiger partial charge in [-0.25, -0.2) is 13.6 Å². The lowest BCUT2D eigenvalue weighted by Crippen LogP contribution is -2.40.